The van der Waals surface area contributed by atoms with E-state index in [1.165, 1.54) is 0 Å². The Hall–Kier alpha value is -4.74. The highest BCUT2D eigenvalue weighted by Crippen LogP contribution is 2.51. The van der Waals surface area contributed by atoms with E-state index in [0.29, 0.717) is 52.1 Å². The summed E-state index contributed by atoms with van der Waals surface area (Å²) in [5, 5.41) is 13.3. The molecule has 0 fully saturated rings. The molecule has 2 aliphatic carbocycles. The molecule has 1 N–H and O–H groups in total. The second-order valence-electron chi connectivity index (χ2n) is 14.1. The van der Waals surface area contributed by atoms with Crippen LogP contribution in [-0.2, 0) is 31.3 Å². The van der Waals surface area contributed by atoms with Crippen LogP contribution in [0.1, 0.15) is 115 Å². The van der Waals surface area contributed by atoms with Gasteiger partial charge in [0, 0.05) is 36.8 Å². The van der Waals surface area contributed by atoms with Gasteiger partial charge in [-0.05, 0) is 75.8 Å². The van der Waals surface area contributed by atoms with Crippen molar-refractivity contribution in [2.24, 2.45) is 0 Å². The number of hydrogen-bond donors (Lipinski definition) is 1. The number of para-hydroxylation sites is 2. The van der Waals surface area contributed by atoms with Crippen LogP contribution in [0, 0.1) is 0 Å². The average molecular weight is 697 g/mol. The molecule has 270 valence electrons. The molecule has 0 aromatic heterocycles. The molecule has 52 heavy (non-hydrogen) atoms. The van der Waals surface area contributed by atoms with E-state index in [1.807, 2.05) is 30.3 Å². The topological polar surface area (TPSA) is 57.2 Å². The Labute approximate surface area is 309 Å². The Kier molecular flexibility index (Phi) is 10.9. The van der Waals surface area contributed by atoms with Gasteiger partial charge in [0.05, 0.1) is 26.4 Å². The minimum Gasteiger partial charge on any atom is -0.493 e. The zero-order valence-electron chi connectivity index (χ0n) is 31.2. The summed E-state index contributed by atoms with van der Waals surface area (Å²) in [4.78, 5) is 0. The number of rotatable bonds is 13. The van der Waals surface area contributed by atoms with Crippen LogP contribution in [0.3, 0.4) is 0 Å². The van der Waals surface area contributed by atoms with Crippen molar-refractivity contribution in [3.05, 3.63) is 152 Å². The van der Waals surface area contributed by atoms with Crippen molar-refractivity contribution in [1.29, 1.82) is 0 Å². The van der Waals surface area contributed by atoms with Crippen LogP contribution < -0.4 is 18.9 Å². The molecule has 5 nitrogen and oxygen atoms in total. The van der Waals surface area contributed by atoms with E-state index in [-0.39, 0.29) is 0 Å². The third-order valence-corrected chi connectivity index (χ3v) is 10.3. The maximum Gasteiger partial charge on any atom is 0.141 e. The second kappa shape index (κ2) is 15.9. The first-order valence-electron chi connectivity index (χ1n) is 19.3. The van der Waals surface area contributed by atoms with E-state index in [1.54, 1.807) is 0 Å². The third kappa shape index (κ3) is 6.67. The molecule has 0 aliphatic heterocycles. The predicted octanol–water partition coefficient (Wildman–Crippen LogP) is 10.1. The maximum absolute atomic E-state index is 13.3. The van der Waals surface area contributed by atoms with Gasteiger partial charge in [-0.2, -0.15) is 0 Å². The number of ether oxygens (including phenoxy) is 4. The number of fused-ring (bicyclic) bond motifs is 6. The SMILES string of the molecule is CCCOc1c2cccc1Cc1ccc3c(c1OCCC)Cc1c(ccc(c1OCCC)Cc1cccc(c1OCCC)C2)C3(O)c1ccccc1. The molecule has 0 unspecified atom stereocenters. The van der Waals surface area contributed by atoms with Gasteiger partial charge in [-0.25, -0.2) is 0 Å². The fourth-order valence-electron chi connectivity index (χ4n) is 7.97. The molecule has 8 bridgehead atoms. The van der Waals surface area contributed by atoms with Crippen LogP contribution in [0.2, 0.25) is 0 Å². The summed E-state index contributed by atoms with van der Waals surface area (Å²) in [6.45, 7) is 11.0. The second-order valence-corrected chi connectivity index (χ2v) is 14.1. The van der Waals surface area contributed by atoms with Crippen LogP contribution in [-0.4, -0.2) is 31.5 Å². The van der Waals surface area contributed by atoms with Crippen molar-refractivity contribution in [3.8, 4) is 23.0 Å². The molecule has 0 radical (unpaired) electrons. The molecule has 2 aliphatic rings. The van der Waals surface area contributed by atoms with Gasteiger partial charge in [-0.3, -0.25) is 0 Å². The van der Waals surface area contributed by atoms with E-state index < -0.39 is 5.60 Å². The lowest BCUT2D eigenvalue weighted by molar-refractivity contribution is 0.119. The molecule has 0 atom stereocenters. The molecule has 0 heterocycles. The standard InChI is InChI=1S/C47H52O5/c1-5-24-49-43-32-14-12-16-34(43)29-36-20-22-41-39(45(36)51-26-7-3)31-40-42(47(41,48)38-18-10-9-11-19-38)23-21-37(46(40)52-27-8-4)30-35-17-13-15-33(28-32)44(35)50-25-6-2/h9-23,48H,5-8,24-31H2,1-4H3. The lowest BCUT2D eigenvalue weighted by Crippen LogP contribution is -2.35. The molecule has 5 heteroatoms. The normalized spacial score (nSPS) is 13.9. The smallest absolute Gasteiger partial charge is 0.141 e. The van der Waals surface area contributed by atoms with Crippen molar-refractivity contribution in [3.63, 3.8) is 0 Å². The monoisotopic (exact) mass is 696 g/mol. The maximum atomic E-state index is 13.3. The molecular formula is C47H52O5. The van der Waals surface area contributed by atoms with Crippen LogP contribution in [0.15, 0.2) is 91.0 Å². The summed E-state index contributed by atoms with van der Waals surface area (Å²) < 4.78 is 26.8. The first kappa shape index (κ1) is 35.7. The Bertz CT molecular complexity index is 1890. The Morgan fingerprint density at radius 1 is 0.423 bits per heavy atom. The van der Waals surface area contributed by atoms with Gasteiger partial charge in [0.15, 0.2) is 0 Å². The number of hydrogen-bond acceptors (Lipinski definition) is 5. The fourth-order valence-corrected chi connectivity index (χ4v) is 7.97. The van der Waals surface area contributed by atoms with Gasteiger partial charge in [-0.1, -0.05) is 119 Å². The van der Waals surface area contributed by atoms with Gasteiger partial charge in [0.2, 0.25) is 0 Å². The predicted molar refractivity (Wildman–Crippen MR) is 209 cm³/mol. The quantitative estimate of drug-likeness (QED) is 0.130. The summed E-state index contributed by atoms with van der Waals surface area (Å²) in [7, 11) is 0. The Morgan fingerprint density at radius 3 is 1.17 bits per heavy atom. The van der Waals surface area contributed by atoms with Gasteiger partial charge in [0.1, 0.15) is 28.6 Å². The number of benzene rings is 5. The first-order valence-corrected chi connectivity index (χ1v) is 19.3. The van der Waals surface area contributed by atoms with Crippen molar-refractivity contribution in [2.75, 3.05) is 26.4 Å². The molecule has 5 aromatic carbocycles. The van der Waals surface area contributed by atoms with Crippen LogP contribution in [0.4, 0.5) is 0 Å². The van der Waals surface area contributed by atoms with Crippen molar-refractivity contribution < 1.29 is 24.1 Å². The Balaban J connectivity index is 1.55. The van der Waals surface area contributed by atoms with Crippen LogP contribution in [0.5, 0.6) is 23.0 Å². The van der Waals surface area contributed by atoms with E-state index in [2.05, 4.69) is 88.4 Å². The van der Waals surface area contributed by atoms with Gasteiger partial charge < -0.3 is 24.1 Å². The van der Waals surface area contributed by atoms with Crippen molar-refractivity contribution in [2.45, 2.75) is 84.7 Å². The highest BCUT2D eigenvalue weighted by atomic mass is 16.5. The molecule has 0 saturated carbocycles. The molecular weight excluding hydrogens is 645 g/mol. The van der Waals surface area contributed by atoms with E-state index in [9.17, 15) is 5.11 Å². The summed E-state index contributed by atoms with van der Waals surface area (Å²) >= 11 is 0. The lowest BCUT2D eigenvalue weighted by atomic mass is 9.69. The highest BCUT2D eigenvalue weighted by molar-refractivity contribution is 5.67. The van der Waals surface area contributed by atoms with Crippen LogP contribution in [0.25, 0.3) is 0 Å². The zero-order chi connectivity index (χ0) is 36.1. The minimum absolute atomic E-state index is 0.577. The van der Waals surface area contributed by atoms with Gasteiger partial charge in [0.25, 0.3) is 0 Å². The largest absolute Gasteiger partial charge is 0.493 e. The minimum atomic E-state index is -1.41. The zero-order valence-corrected chi connectivity index (χ0v) is 31.2. The molecule has 0 saturated heterocycles. The molecule has 7 rings (SSSR count). The van der Waals surface area contributed by atoms with E-state index >= 15 is 0 Å². The lowest BCUT2D eigenvalue weighted by Gasteiger charge is -2.39. The summed E-state index contributed by atoms with van der Waals surface area (Å²) in [6.07, 6.45) is 6.12. The Morgan fingerprint density at radius 2 is 0.788 bits per heavy atom. The fraction of sp³-hybridized carbons (Fsp3) is 0.362. The molecule has 5 aromatic rings. The summed E-state index contributed by atoms with van der Waals surface area (Å²) in [5.41, 5.74) is 9.83. The molecule has 0 spiro atoms. The van der Waals surface area contributed by atoms with Gasteiger partial charge >= 0.3 is 0 Å². The van der Waals surface area contributed by atoms with Crippen molar-refractivity contribution in [1.82, 2.24) is 0 Å². The molecule has 0 amide bonds. The highest BCUT2D eigenvalue weighted by Gasteiger charge is 2.44. The summed E-state index contributed by atoms with van der Waals surface area (Å²) in [5.74, 6) is 3.58. The van der Waals surface area contributed by atoms with E-state index in [4.69, 9.17) is 18.9 Å². The summed E-state index contributed by atoms with van der Waals surface area (Å²) in [6, 6.07) is 31.7. The number of aliphatic hydroxyl groups is 1. The average Bonchev–Trinajstić information content (AvgIpc) is 3.16. The van der Waals surface area contributed by atoms with Crippen LogP contribution >= 0.6 is 0 Å². The first-order chi connectivity index (χ1) is 25.5. The van der Waals surface area contributed by atoms with E-state index in [0.717, 1.165) is 110 Å². The van der Waals surface area contributed by atoms with Gasteiger partial charge in [-0.15, -0.1) is 0 Å². The third-order valence-electron chi connectivity index (χ3n) is 10.3. The van der Waals surface area contributed by atoms with Crippen molar-refractivity contribution >= 4 is 0 Å².